The second-order valence-electron chi connectivity index (χ2n) is 9.42. The summed E-state index contributed by atoms with van der Waals surface area (Å²) in [6.07, 6.45) is -4.76. The summed E-state index contributed by atoms with van der Waals surface area (Å²) in [5.74, 6) is -2.19. The van der Waals surface area contributed by atoms with Crippen molar-refractivity contribution in [3.05, 3.63) is 35.9 Å². The minimum atomic E-state index is -2.19. The minimum Gasteiger partial charge on any atom is -0.390 e. The van der Waals surface area contributed by atoms with Gasteiger partial charge in [0.15, 0.2) is 0 Å². The van der Waals surface area contributed by atoms with Gasteiger partial charge in [-0.25, -0.2) is 0 Å². The van der Waals surface area contributed by atoms with E-state index in [0.717, 1.165) is 12.0 Å². The fourth-order valence-electron chi connectivity index (χ4n) is 5.40. The molecular weight excluding hydrogens is 430 g/mol. The van der Waals surface area contributed by atoms with Crippen LogP contribution in [0.1, 0.15) is 18.9 Å². The molecule has 4 unspecified atom stereocenters. The Morgan fingerprint density at radius 2 is 1.67 bits per heavy atom. The topological polar surface area (TPSA) is 145 Å². The Morgan fingerprint density at radius 3 is 2.33 bits per heavy atom. The zero-order valence-electron chi connectivity index (χ0n) is 19.3. The zero-order valence-corrected chi connectivity index (χ0v) is 19.3. The van der Waals surface area contributed by atoms with Crippen LogP contribution in [-0.4, -0.2) is 108 Å². The Labute approximate surface area is 194 Å². The van der Waals surface area contributed by atoms with Crippen molar-refractivity contribution in [3.63, 3.8) is 0 Å². The van der Waals surface area contributed by atoms with Gasteiger partial charge in [-0.15, -0.1) is 0 Å². The van der Waals surface area contributed by atoms with Crippen molar-refractivity contribution in [1.82, 2.24) is 16.0 Å². The maximum absolute atomic E-state index is 11.6. The lowest BCUT2D eigenvalue weighted by molar-refractivity contribution is -0.482. The fourth-order valence-corrected chi connectivity index (χ4v) is 5.40. The number of likely N-dealkylation sites (N-methyl/N-ethyl adjacent to an activating group) is 2. The summed E-state index contributed by atoms with van der Waals surface area (Å²) in [5.41, 5.74) is -0.555. The van der Waals surface area contributed by atoms with Gasteiger partial charge in [0.2, 0.25) is 12.1 Å². The van der Waals surface area contributed by atoms with E-state index in [1.165, 1.54) is 0 Å². The summed E-state index contributed by atoms with van der Waals surface area (Å²) in [5, 5.41) is 54.0. The molecule has 0 amide bonds. The van der Waals surface area contributed by atoms with Crippen LogP contribution < -0.4 is 16.0 Å². The average Bonchev–Trinajstić information content (AvgIpc) is 2.78. The molecule has 2 aliphatic heterocycles. The monoisotopic (exact) mass is 467 g/mol. The van der Waals surface area contributed by atoms with Crippen LogP contribution in [0.25, 0.3) is 0 Å². The summed E-state index contributed by atoms with van der Waals surface area (Å²) in [7, 11) is 3.30. The summed E-state index contributed by atoms with van der Waals surface area (Å²) < 4.78 is 18.0. The van der Waals surface area contributed by atoms with E-state index in [1.54, 1.807) is 21.0 Å². The number of nitrogens with one attached hydrogen (secondary N) is 3. The Bertz CT molecular complexity index is 789. The molecule has 1 aromatic rings. The molecule has 3 fully saturated rings. The lowest BCUT2D eigenvalue weighted by Gasteiger charge is -2.60. The van der Waals surface area contributed by atoms with Crippen molar-refractivity contribution >= 4 is 0 Å². The molecule has 186 valence electrons. The van der Waals surface area contributed by atoms with Crippen LogP contribution >= 0.6 is 0 Å². The minimum absolute atomic E-state index is 0.0513. The summed E-state index contributed by atoms with van der Waals surface area (Å²) >= 11 is 0. The first-order valence-corrected chi connectivity index (χ1v) is 11.6. The Morgan fingerprint density at radius 1 is 0.970 bits per heavy atom. The highest BCUT2D eigenvalue weighted by Crippen LogP contribution is 2.46. The number of hydrogen-bond donors (Lipinski definition) is 7. The van der Waals surface area contributed by atoms with E-state index in [9.17, 15) is 20.4 Å². The number of hydrogen-bond acceptors (Lipinski definition) is 10. The lowest BCUT2D eigenvalue weighted by Crippen LogP contribution is -2.81. The molecule has 10 atom stereocenters. The van der Waals surface area contributed by atoms with E-state index in [2.05, 4.69) is 16.0 Å². The molecule has 0 bridgehead atoms. The number of ether oxygens (including phenoxy) is 3. The van der Waals surface area contributed by atoms with Gasteiger partial charge >= 0.3 is 0 Å². The number of aliphatic hydroxyl groups excluding tert-OH is 2. The van der Waals surface area contributed by atoms with Crippen molar-refractivity contribution < 1.29 is 34.6 Å². The number of aliphatic hydroxyl groups is 4. The van der Waals surface area contributed by atoms with Gasteiger partial charge in [-0.1, -0.05) is 30.3 Å². The van der Waals surface area contributed by atoms with Crippen LogP contribution in [0, 0.1) is 0 Å². The van der Waals surface area contributed by atoms with E-state index in [0.29, 0.717) is 6.54 Å². The first kappa shape index (κ1) is 24.9. The van der Waals surface area contributed by atoms with E-state index >= 15 is 0 Å². The van der Waals surface area contributed by atoms with Crippen molar-refractivity contribution in [3.8, 4) is 0 Å². The molecule has 1 aromatic carbocycles. The molecule has 1 saturated carbocycles. The van der Waals surface area contributed by atoms with Gasteiger partial charge in [-0.05, 0) is 39.5 Å². The quantitative estimate of drug-likeness (QED) is 0.226. The molecule has 7 N–H and O–H groups in total. The molecule has 10 heteroatoms. The van der Waals surface area contributed by atoms with Gasteiger partial charge in [0.05, 0.1) is 24.3 Å². The van der Waals surface area contributed by atoms with Gasteiger partial charge < -0.3 is 50.6 Å². The summed E-state index contributed by atoms with van der Waals surface area (Å²) in [6, 6.07) is 8.65. The molecule has 3 aliphatic rings. The molecule has 2 saturated heterocycles. The van der Waals surface area contributed by atoms with Gasteiger partial charge in [0.25, 0.3) is 0 Å². The van der Waals surface area contributed by atoms with Crippen molar-refractivity contribution in [2.24, 2.45) is 0 Å². The van der Waals surface area contributed by atoms with Crippen LogP contribution in [0.5, 0.6) is 0 Å². The van der Waals surface area contributed by atoms with Crippen molar-refractivity contribution in [2.45, 2.75) is 80.0 Å². The van der Waals surface area contributed by atoms with E-state index in [-0.39, 0.29) is 13.0 Å². The molecule has 4 rings (SSSR count). The predicted molar refractivity (Wildman–Crippen MR) is 119 cm³/mol. The Balaban J connectivity index is 1.52. The van der Waals surface area contributed by atoms with Crippen LogP contribution in [0.4, 0.5) is 0 Å². The van der Waals surface area contributed by atoms with E-state index < -0.39 is 60.3 Å². The van der Waals surface area contributed by atoms with Crippen molar-refractivity contribution in [2.75, 3.05) is 27.2 Å². The third-order valence-electron chi connectivity index (χ3n) is 7.20. The maximum atomic E-state index is 11.6. The maximum Gasteiger partial charge on any atom is 0.249 e. The number of benzene rings is 1. The Kier molecular flexibility index (Phi) is 7.42. The zero-order chi connectivity index (χ0) is 23.8. The van der Waals surface area contributed by atoms with Gasteiger partial charge in [-0.3, -0.25) is 0 Å². The predicted octanol–water partition coefficient (Wildman–Crippen LogP) is -1.93. The molecule has 1 aliphatic carbocycles. The third-order valence-corrected chi connectivity index (χ3v) is 7.20. The Hall–Kier alpha value is -1.18. The van der Waals surface area contributed by atoms with Crippen LogP contribution in [0.15, 0.2) is 30.3 Å². The van der Waals surface area contributed by atoms with Crippen LogP contribution in [0.2, 0.25) is 0 Å². The largest absolute Gasteiger partial charge is 0.390 e. The van der Waals surface area contributed by atoms with Gasteiger partial charge in [0.1, 0.15) is 23.9 Å². The molecule has 0 spiro atoms. The third kappa shape index (κ3) is 4.45. The highest BCUT2D eigenvalue weighted by molar-refractivity contribution is 5.15. The highest BCUT2D eigenvalue weighted by atomic mass is 16.8. The van der Waals surface area contributed by atoms with Crippen LogP contribution in [0.3, 0.4) is 0 Å². The second kappa shape index (κ2) is 9.82. The molecule has 0 aromatic heterocycles. The van der Waals surface area contributed by atoms with E-state index in [4.69, 9.17) is 14.2 Å². The van der Waals surface area contributed by atoms with Crippen molar-refractivity contribution in [1.29, 1.82) is 0 Å². The second-order valence-corrected chi connectivity index (χ2v) is 9.42. The van der Waals surface area contributed by atoms with Gasteiger partial charge in [0, 0.05) is 13.0 Å². The normalized spacial score (nSPS) is 45.3. The fraction of sp³-hybridized carbons (Fsp3) is 0.739. The standard InChI is InChI=1S/C23H37N3O7/c1-13-11-22(29,12-26-10-9-14-7-5-4-6-8-14)23(30)21(31-13)32-20-18(28)15(24-2)17(27)16(25-3)19(20)33-23/h4-8,13,15-21,24-30H,9-12H2,1-3H3/t13-,15-,16+,17+,18+,19?,20-,21?,22?,23?/m1/s1. The first-order chi connectivity index (χ1) is 15.7. The highest BCUT2D eigenvalue weighted by Gasteiger charge is 2.68. The average molecular weight is 468 g/mol. The summed E-state index contributed by atoms with van der Waals surface area (Å²) in [4.78, 5) is 0. The SMILES string of the molecule is CN[C@@H]1[C@H](O)[C@H](NC)C2OC3(O)C(O[C@H](C)CC3(O)CNCCc3ccccc3)O[C@@H]2[C@H]1O. The van der Waals surface area contributed by atoms with E-state index in [1.807, 2.05) is 30.3 Å². The molecule has 0 radical (unpaired) electrons. The molecular formula is C23H37N3O7. The molecule has 2 heterocycles. The first-order valence-electron chi connectivity index (χ1n) is 11.6. The molecule has 33 heavy (non-hydrogen) atoms. The smallest absolute Gasteiger partial charge is 0.249 e. The number of rotatable bonds is 7. The van der Waals surface area contributed by atoms with Crippen LogP contribution in [-0.2, 0) is 20.6 Å². The molecule has 10 nitrogen and oxygen atoms in total. The summed E-state index contributed by atoms with van der Waals surface area (Å²) in [6.45, 7) is 2.43. The lowest BCUT2D eigenvalue weighted by atomic mass is 9.77. The number of fused-ring (bicyclic) bond motifs is 2. The van der Waals surface area contributed by atoms with Gasteiger partial charge in [-0.2, -0.15) is 0 Å².